The van der Waals surface area contributed by atoms with Crippen molar-refractivity contribution in [1.29, 1.82) is 0 Å². The summed E-state index contributed by atoms with van der Waals surface area (Å²) in [6.07, 6.45) is -1.26. The van der Waals surface area contributed by atoms with Crippen molar-refractivity contribution in [3.05, 3.63) is 76.5 Å². The lowest BCUT2D eigenvalue weighted by Gasteiger charge is -2.55. The van der Waals surface area contributed by atoms with Gasteiger partial charge >= 0.3 is 12.1 Å². The van der Waals surface area contributed by atoms with Gasteiger partial charge in [0, 0.05) is 39.8 Å². The van der Waals surface area contributed by atoms with Crippen molar-refractivity contribution < 1.29 is 31.9 Å². The Morgan fingerprint density at radius 1 is 1.14 bits per heavy atom. The zero-order valence-corrected chi connectivity index (χ0v) is 19.9. The quantitative estimate of drug-likeness (QED) is 0.303. The topological polar surface area (TPSA) is 56.3 Å². The van der Waals surface area contributed by atoms with Crippen LogP contribution in [0, 0.1) is 23.5 Å². The highest BCUT2D eigenvalue weighted by atomic mass is 19.4. The summed E-state index contributed by atoms with van der Waals surface area (Å²) in [6, 6.07) is 8.49. The minimum absolute atomic E-state index is 0.0494. The summed E-state index contributed by atoms with van der Waals surface area (Å²) >= 11 is 0. The summed E-state index contributed by atoms with van der Waals surface area (Å²) < 4.78 is 72.8. The molecule has 0 radical (unpaired) electrons. The molecule has 3 saturated carbocycles. The van der Waals surface area contributed by atoms with Gasteiger partial charge in [-0.25, -0.2) is 13.6 Å². The third-order valence-corrected chi connectivity index (χ3v) is 8.59. The molecule has 0 spiro atoms. The van der Waals surface area contributed by atoms with Gasteiger partial charge in [0.05, 0.1) is 12.0 Å². The first-order valence-electron chi connectivity index (χ1n) is 12.3. The van der Waals surface area contributed by atoms with Gasteiger partial charge in [-0.05, 0) is 73.9 Å². The Labute approximate surface area is 209 Å². The number of fused-ring (bicyclic) bond motifs is 4. The van der Waals surface area contributed by atoms with Crippen LogP contribution in [0.3, 0.4) is 0 Å². The molecule has 3 atom stereocenters. The van der Waals surface area contributed by atoms with E-state index in [2.05, 4.69) is 4.98 Å². The summed E-state index contributed by atoms with van der Waals surface area (Å²) in [4.78, 5) is 16.1. The number of aromatic amines is 1. The predicted molar refractivity (Wildman–Crippen MR) is 128 cm³/mol. The first-order valence-corrected chi connectivity index (χ1v) is 12.3. The molecule has 3 aliphatic carbocycles. The number of nitrogens with one attached hydrogen (secondary N) is 1. The van der Waals surface area contributed by atoms with Crippen molar-refractivity contribution >= 4 is 22.9 Å². The Balaban J connectivity index is 1.52. The number of aromatic nitrogens is 1. The van der Waals surface area contributed by atoms with Gasteiger partial charge in [-0.15, -0.1) is 0 Å². The number of halogens is 5. The molecule has 4 aliphatic rings. The van der Waals surface area contributed by atoms with Crippen molar-refractivity contribution in [1.82, 2.24) is 9.88 Å². The van der Waals surface area contributed by atoms with E-state index in [0.717, 1.165) is 40.8 Å². The van der Waals surface area contributed by atoms with Crippen molar-refractivity contribution in [2.24, 2.45) is 11.8 Å². The summed E-state index contributed by atoms with van der Waals surface area (Å²) in [5.74, 6) is -4.87. The maximum atomic E-state index is 15.7. The number of alkyl halides is 3. The lowest BCUT2D eigenvalue weighted by Crippen LogP contribution is -2.59. The Morgan fingerprint density at radius 2 is 1.81 bits per heavy atom. The molecule has 2 N–H and O–H groups in total. The second-order valence-corrected chi connectivity index (χ2v) is 10.7. The van der Waals surface area contributed by atoms with E-state index in [0.29, 0.717) is 25.0 Å². The van der Waals surface area contributed by atoms with Gasteiger partial charge in [0.15, 0.2) is 0 Å². The number of hydrogen-bond acceptors (Lipinski definition) is 2. The van der Waals surface area contributed by atoms with Crippen LogP contribution in [0.15, 0.2) is 42.5 Å². The number of carbonyl (C=O) groups is 1. The first kappa shape index (κ1) is 24.2. The van der Waals surface area contributed by atoms with Crippen LogP contribution < -0.4 is 0 Å². The Bertz CT molecular complexity index is 1410. The van der Waals surface area contributed by atoms with Gasteiger partial charge in [-0.2, -0.15) is 13.2 Å². The fourth-order valence-electron chi connectivity index (χ4n) is 7.26. The van der Waals surface area contributed by atoms with E-state index in [1.165, 1.54) is 0 Å². The largest absolute Gasteiger partial charge is 0.478 e. The van der Waals surface area contributed by atoms with Gasteiger partial charge in [-0.1, -0.05) is 18.2 Å². The molecule has 2 aromatic carbocycles. The summed E-state index contributed by atoms with van der Waals surface area (Å²) in [5.41, 5.74) is 1.32. The van der Waals surface area contributed by atoms with Gasteiger partial charge in [-0.3, -0.25) is 4.90 Å². The lowest BCUT2D eigenvalue weighted by molar-refractivity contribution is -0.180. The Kier molecular flexibility index (Phi) is 5.32. The molecule has 4 nitrogen and oxygen atoms in total. The Morgan fingerprint density at radius 3 is 2.43 bits per heavy atom. The third-order valence-electron chi connectivity index (χ3n) is 8.59. The van der Waals surface area contributed by atoms with Crippen LogP contribution in [0.2, 0.25) is 0 Å². The zero-order chi connectivity index (χ0) is 26.3. The SMILES string of the molecule is CC1Cc2c([nH]c3ccccc23)C(c2c(F)cc(/C=C/C(=O)O)cc2F)N1C12CC(C1)[C@@H](C(F)(F)F)C2. The van der Waals surface area contributed by atoms with Gasteiger partial charge < -0.3 is 10.1 Å². The van der Waals surface area contributed by atoms with Crippen molar-refractivity contribution in [2.75, 3.05) is 0 Å². The minimum Gasteiger partial charge on any atom is -0.478 e. The first-order chi connectivity index (χ1) is 17.5. The maximum Gasteiger partial charge on any atom is 0.392 e. The van der Waals surface area contributed by atoms with E-state index >= 15 is 8.78 Å². The summed E-state index contributed by atoms with van der Waals surface area (Å²) in [6.45, 7) is 1.92. The minimum atomic E-state index is -4.31. The standard InChI is InChI=1S/C28H25F5N2O2/c1-14-8-18-17-4-2-3-5-22(17)34-25(18)26(24-20(29)9-15(10-21(24)30)6-7-23(36)37)35(14)27-11-16(12-27)19(13-27)28(31,32)33/h2-7,9-10,14,16,19,26,34H,8,11-13H2,1H3,(H,36,37)/b7-6+/t14?,16?,19-,26?,27?/m0/s1. The van der Waals surface area contributed by atoms with E-state index in [-0.39, 0.29) is 23.6 Å². The molecule has 3 fully saturated rings. The number of carboxylic acids is 1. The Hall–Kier alpha value is -3.20. The van der Waals surface area contributed by atoms with E-state index in [1.54, 1.807) is 0 Å². The normalized spacial score (nSPS) is 29.6. The number of benzene rings is 2. The van der Waals surface area contributed by atoms with Crippen LogP contribution in [0.5, 0.6) is 0 Å². The molecule has 1 aliphatic heterocycles. The van der Waals surface area contributed by atoms with Crippen LogP contribution >= 0.6 is 0 Å². The van der Waals surface area contributed by atoms with E-state index in [1.807, 2.05) is 36.1 Å². The van der Waals surface area contributed by atoms with Crippen LogP contribution in [-0.4, -0.2) is 38.7 Å². The molecule has 7 rings (SSSR count). The summed E-state index contributed by atoms with van der Waals surface area (Å²) in [5, 5.41) is 9.81. The van der Waals surface area contributed by atoms with Crippen LogP contribution in [0.25, 0.3) is 17.0 Å². The molecule has 37 heavy (non-hydrogen) atoms. The van der Waals surface area contributed by atoms with Gasteiger partial charge in [0.25, 0.3) is 0 Å². The van der Waals surface area contributed by atoms with Crippen molar-refractivity contribution in [3.8, 4) is 0 Å². The fraction of sp³-hybridized carbons (Fsp3) is 0.393. The molecule has 194 valence electrons. The number of H-pyrrole nitrogens is 1. The number of carboxylic acid groups (broad SMARTS) is 1. The number of para-hydroxylation sites is 1. The number of nitrogens with zero attached hydrogens (tertiary/aromatic N) is 1. The van der Waals surface area contributed by atoms with Gasteiger partial charge in [0.1, 0.15) is 11.6 Å². The average molecular weight is 517 g/mol. The highest BCUT2D eigenvalue weighted by Crippen LogP contribution is 2.65. The molecule has 0 amide bonds. The summed E-state index contributed by atoms with van der Waals surface area (Å²) in [7, 11) is 0. The molecule has 3 aromatic rings. The smallest absolute Gasteiger partial charge is 0.392 e. The third kappa shape index (κ3) is 3.69. The molecular formula is C28H25F5N2O2. The van der Waals surface area contributed by atoms with Crippen molar-refractivity contribution in [2.45, 2.75) is 56.4 Å². The number of aliphatic carboxylic acids is 1. The van der Waals surface area contributed by atoms with E-state index in [9.17, 15) is 18.0 Å². The average Bonchev–Trinajstić information content (AvgIpc) is 3.47. The maximum absolute atomic E-state index is 15.7. The molecular weight excluding hydrogens is 491 g/mol. The van der Waals surface area contributed by atoms with E-state index in [4.69, 9.17) is 5.11 Å². The lowest BCUT2D eigenvalue weighted by atomic mass is 9.71. The number of rotatable bonds is 4. The molecule has 2 heterocycles. The van der Waals surface area contributed by atoms with Crippen LogP contribution in [0.4, 0.5) is 22.0 Å². The molecule has 2 bridgehead atoms. The fourth-order valence-corrected chi connectivity index (χ4v) is 7.26. The zero-order valence-electron chi connectivity index (χ0n) is 19.9. The molecule has 1 aromatic heterocycles. The molecule has 2 unspecified atom stereocenters. The van der Waals surface area contributed by atoms with Crippen molar-refractivity contribution in [3.63, 3.8) is 0 Å². The van der Waals surface area contributed by atoms with E-state index < -0.39 is 47.2 Å². The molecule has 9 heteroatoms. The van der Waals surface area contributed by atoms with Crippen LogP contribution in [-0.2, 0) is 11.2 Å². The second kappa shape index (κ2) is 8.15. The monoisotopic (exact) mass is 516 g/mol. The van der Waals surface area contributed by atoms with Gasteiger partial charge in [0.2, 0.25) is 0 Å². The van der Waals surface area contributed by atoms with Crippen LogP contribution in [0.1, 0.15) is 54.6 Å². The number of hydrogen-bond donors (Lipinski definition) is 2. The highest BCUT2D eigenvalue weighted by molar-refractivity contribution is 5.86. The molecule has 0 saturated heterocycles. The predicted octanol–water partition coefficient (Wildman–Crippen LogP) is 6.61. The highest BCUT2D eigenvalue weighted by Gasteiger charge is 2.67. The second-order valence-electron chi connectivity index (χ2n) is 10.7.